The molecule has 0 amide bonds. The van der Waals surface area contributed by atoms with Crippen LogP contribution in [0.3, 0.4) is 0 Å². The molecule has 0 aliphatic carbocycles. The second-order valence-corrected chi connectivity index (χ2v) is 15.5. The molecule has 0 fully saturated rings. The number of pyridine rings is 1. The normalized spacial score (nSPS) is 11.4. The first kappa shape index (κ1) is 35.9. The first-order chi connectivity index (χ1) is 28.8. The number of aromatic nitrogens is 5. The lowest BCUT2D eigenvalue weighted by Crippen LogP contribution is -2.04. The quantitative estimate of drug-likeness (QED) is 0.162. The zero-order valence-corrected chi connectivity index (χ0v) is 33.5. The summed E-state index contributed by atoms with van der Waals surface area (Å²) in [6, 6.07) is 60.2. The Kier molecular flexibility index (Phi) is 8.99. The van der Waals surface area contributed by atoms with Gasteiger partial charge in [-0.15, -0.1) is 0 Å². The lowest BCUT2D eigenvalue weighted by atomic mass is 9.98. The van der Waals surface area contributed by atoms with Crippen LogP contribution >= 0.6 is 0 Å². The number of fused-ring (bicyclic) bond motifs is 3. The molecule has 0 atom stereocenters. The Morgan fingerprint density at radius 1 is 0.356 bits per heavy atom. The van der Waals surface area contributed by atoms with Crippen molar-refractivity contribution in [2.45, 2.75) is 27.7 Å². The number of nitrogens with zero attached hydrogens (tertiary/aromatic N) is 5. The van der Waals surface area contributed by atoms with E-state index < -0.39 is 0 Å². The Balaban J connectivity index is 1.31. The van der Waals surface area contributed by atoms with Crippen LogP contribution in [0.2, 0.25) is 0 Å². The van der Waals surface area contributed by atoms with Crippen LogP contribution in [-0.4, -0.2) is 24.5 Å². The standard InChI is InChI=1S/C54H41N5/c1-34-25-35(2)28-43(27-34)40-18-21-45-46-22-19-41(44-29-36(3)26-37(4)30-44)33-51(46)59(50(45)32-40)49-23-20-42(48-17-11-12-24-55-48)31-47(49)54-57-52(38-13-7-5-8-14-38)56-53(58-54)39-15-9-6-10-16-39/h5-33H,1-4H3. The van der Waals surface area contributed by atoms with Gasteiger partial charge in [0.05, 0.1) is 22.4 Å². The molecule has 5 nitrogen and oxygen atoms in total. The zero-order valence-electron chi connectivity index (χ0n) is 33.5. The summed E-state index contributed by atoms with van der Waals surface area (Å²) in [5.41, 5.74) is 17.4. The van der Waals surface area contributed by atoms with Crippen LogP contribution in [0, 0.1) is 27.7 Å². The van der Waals surface area contributed by atoms with Crippen molar-refractivity contribution in [2.24, 2.45) is 0 Å². The second kappa shape index (κ2) is 14.8. The molecule has 3 aromatic heterocycles. The Morgan fingerprint density at radius 2 is 0.831 bits per heavy atom. The van der Waals surface area contributed by atoms with E-state index in [0.29, 0.717) is 17.5 Å². The maximum Gasteiger partial charge on any atom is 0.166 e. The molecule has 0 N–H and O–H groups in total. The molecule has 5 heteroatoms. The molecule has 0 radical (unpaired) electrons. The third-order valence-electron chi connectivity index (χ3n) is 11.0. The fraction of sp³-hybridized carbons (Fsp3) is 0.0741. The smallest absolute Gasteiger partial charge is 0.166 e. The molecule has 10 rings (SSSR count). The van der Waals surface area contributed by atoms with Crippen molar-refractivity contribution in [3.63, 3.8) is 0 Å². The van der Waals surface area contributed by atoms with E-state index >= 15 is 0 Å². The Morgan fingerprint density at radius 3 is 1.32 bits per heavy atom. The summed E-state index contributed by atoms with van der Waals surface area (Å²) in [6.07, 6.45) is 1.84. The van der Waals surface area contributed by atoms with E-state index in [4.69, 9.17) is 19.9 Å². The molecule has 7 aromatic carbocycles. The molecule has 10 aromatic rings. The summed E-state index contributed by atoms with van der Waals surface area (Å²) < 4.78 is 2.41. The molecule has 59 heavy (non-hydrogen) atoms. The molecular weight excluding hydrogens is 719 g/mol. The molecule has 0 spiro atoms. The molecule has 0 saturated heterocycles. The van der Waals surface area contributed by atoms with Crippen molar-refractivity contribution in [3.05, 3.63) is 198 Å². The number of benzene rings is 7. The van der Waals surface area contributed by atoms with Gasteiger partial charge in [0.15, 0.2) is 17.5 Å². The van der Waals surface area contributed by atoms with Crippen LogP contribution in [0.25, 0.3) is 95.2 Å². The van der Waals surface area contributed by atoms with Crippen molar-refractivity contribution in [1.29, 1.82) is 0 Å². The predicted octanol–water partition coefficient (Wildman–Crippen LogP) is 13.6. The topological polar surface area (TPSA) is 56.5 Å². The third kappa shape index (κ3) is 6.87. The van der Waals surface area contributed by atoms with Gasteiger partial charge >= 0.3 is 0 Å². The van der Waals surface area contributed by atoms with E-state index in [-0.39, 0.29) is 0 Å². The second-order valence-electron chi connectivity index (χ2n) is 15.5. The third-order valence-corrected chi connectivity index (χ3v) is 11.0. The summed E-state index contributed by atoms with van der Waals surface area (Å²) in [4.78, 5) is 20.4. The van der Waals surface area contributed by atoms with Crippen molar-refractivity contribution in [2.75, 3.05) is 0 Å². The van der Waals surface area contributed by atoms with Gasteiger partial charge in [0.2, 0.25) is 0 Å². The van der Waals surface area contributed by atoms with Crippen molar-refractivity contribution in [1.82, 2.24) is 24.5 Å². The Bertz CT molecular complexity index is 2980. The van der Waals surface area contributed by atoms with E-state index in [1.165, 1.54) is 44.2 Å². The fourth-order valence-corrected chi connectivity index (χ4v) is 8.45. The maximum absolute atomic E-state index is 5.28. The van der Waals surface area contributed by atoms with E-state index in [0.717, 1.165) is 55.8 Å². The van der Waals surface area contributed by atoms with Gasteiger partial charge in [-0.1, -0.05) is 156 Å². The lowest BCUT2D eigenvalue weighted by Gasteiger charge is -2.17. The molecule has 282 valence electrons. The number of hydrogen-bond acceptors (Lipinski definition) is 4. The van der Waals surface area contributed by atoms with Gasteiger partial charge in [-0.2, -0.15) is 0 Å². The Labute approximate surface area is 344 Å². The fourth-order valence-electron chi connectivity index (χ4n) is 8.45. The highest BCUT2D eigenvalue weighted by atomic mass is 15.1. The summed E-state index contributed by atoms with van der Waals surface area (Å²) in [5.74, 6) is 1.80. The average molecular weight is 760 g/mol. The highest BCUT2D eigenvalue weighted by Crippen LogP contribution is 2.41. The van der Waals surface area contributed by atoms with Gasteiger partial charge < -0.3 is 4.57 Å². The minimum atomic E-state index is 0.580. The van der Waals surface area contributed by atoms with Gasteiger partial charge in [-0.3, -0.25) is 4.98 Å². The predicted molar refractivity (Wildman–Crippen MR) is 244 cm³/mol. The monoisotopic (exact) mass is 759 g/mol. The van der Waals surface area contributed by atoms with Crippen LogP contribution in [0.1, 0.15) is 22.3 Å². The highest BCUT2D eigenvalue weighted by Gasteiger charge is 2.22. The molecule has 0 aliphatic rings. The van der Waals surface area contributed by atoms with Gasteiger partial charge in [0, 0.05) is 39.2 Å². The largest absolute Gasteiger partial charge is 0.308 e. The molecule has 0 unspecified atom stereocenters. The average Bonchev–Trinajstić information content (AvgIpc) is 3.59. The highest BCUT2D eigenvalue weighted by molar-refractivity contribution is 6.11. The minimum absolute atomic E-state index is 0.580. The van der Waals surface area contributed by atoms with E-state index in [1.54, 1.807) is 0 Å². The van der Waals surface area contributed by atoms with Crippen LogP contribution < -0.4 is 0 Å². The van der Waals surface area contributed by atoms with Crippen molar-refractivity contribution < 1.29 is 0 Å². The van der Waals surface area contributed by atoms with Crippen LogP contribution in [0.4, 0.5) is 0 Å². The van der Waals surface area contributed by atoms with E-state index in [2.05, 4.69) is 148 Å². The Hall–Kier alpha value is -7.50. The van der Waals surface area contributed by atoms with Gasteiger partial charge in [-0.05, 0) is 86.3 Å². The summed E-state index contributed by atoms with van der Waals surface area (Å²) in [5, 5.41) is 2.34. The van der Waals surface area contributed by atoms with E-state index in [9.17, 15) is 0 Å². The maximum atomic E-state index is 5.28. The molecule has 0 saturated carbocycles. The zero-order chi connectivity index (χ0) is 40.0. The summed E-state index contributed by atoms with van der Waals surface area (Å²) in [7, 11) is 0. The van der Waals surface area contributed by atoms with Crippen LogP contribution in [0.15, 0.2) is 176 Å². The van der Waals surface area contributed by atoms with Crippen molar-refractivity contribution >= 4 is 21.8 Å². The molecule has 0 aliphatic heterocycles. The first-order valence-electron chi connectivity index (χ1n) is 20.0. The van der Waals surface area contributed by atoms with Crippen molar-refractivity contribution in [3.8, 4) is 73.4 Å². The van der Waals surface area contributed by atoms with Crippen LogP contribution in [0.5, 0.6) is 0 Å². The number of hydrogen-bond donors (Lipinski definition) is 0. The SMILES string of the molecule is Cc1cc(C)cc(-c2ccc3c4ccc(-c5cc(C)cc(C)c5)cc4n(-c4ccc(-c5ccccn5)cc4-c4nc(-c5ccccc5)nc(-c5ccccc5)n4)c3c2)c1. The van der Waals surface area contributed by atoms with Gasteiger partial charge in [0.25, 0.3) is 0 Å². The first-order valence-corrected chi connectivity index (χ1v) is 20.0. The molecular formula is C54H41N5. The number of aryl methyl sites for hydroxylation is 4. The van der Waals surface area contributed by atoms with Gasteiger partial charge in [-0.25, -0.2) is 15.0 Å². The molecule has 3 heterocycles. The summed E-state index contributed by atoms with van der Waals surface area (Å²) in [6.45, 7) is 8.66. The minimum Gasteiger partial charge on any atom is -0.308 e. The lowest BCUT2D eigenvalue weighted by molar-refractivity contribution is 1.06. The molecule has 0 bridgehead atoms. The van der Waals surface area contributed by atoms with Crippen LogP contribution in [-0.2, 0) is 0 Å². The number of rotatable bonds is 7. The van der Waals surface area contributed by atoms with Gasteiger partial charge in [0.1, 0.15) is 0 Å². The van der Waals surface area contributed by atoms with E-state index in [1.807, 2.05) is 60.8 Å². The summed E-state index contributed by atoms with van der Waals surface area (Å²) >= 11 is 0.